The van der Waals surface area contributed by atoms with Crippen LogP contribution in [0.15, 0.2) is 12.1 Å². The van der Waals surface area contributed by atoms with Gasteiger partial charge in [0, 0.05) is 6.07 Å². The van der Waals surface area contributed by atoms with Crippen LogP contribution in [0, 0.1) is 17.1 Å². The minimum Gasteiger partial charge on any atom is -0.462 e. The summed E-state index contributed by atoms with van der Waals surface area (Å²) in [5.41, 5.74) is -1.54. The van der Waals surface area contributed by atoms with E-state index in [1.807, 2.05) is 0 Å². The molecule has 0 saturated heterocycles. The monoisotopic (exact) mass is 277 g/mol. The largest absolute Gasteiger partial charge is 0.573 e. The molecule has 1 aromatic carbocycles. The summed E-state index contributed by atoms with van der Waals surface area (Å²) in [5.74, 6) is -3.30. The molecule has 0 amide bonds. The Hall–Kier alpha value is -2.30. The summed E-state index contributed by atoms with van der Waals surface area (Å²) in [5, 5.41) is 8.60. The van der Waals surface area contributed by atoms with Crippen molar-refractivity contribution in [2.75, 3.05) is 6.61 Å². The first kappa shape index (κ1) is 14.8. The molecule has 0 aliphatic rings. The van der Waals surface area contributed by atoms with Gasteiger partial charge in [-0.2, -0.15) is 5.26 Å². The third-order valence-electron chi connectivity index (χ3n) is 1.90. The van der Waals surface area contributed by atoms with Crippen LogP contribution >= 0.6 is 0 Å². The summed E-state index contributed by atoms with van der Waals surface area (Å²) in [4.78, 5) is 11.3. The molecule has 1 aromatic rings. The number of nitriles is 1. The smallest absolute Gasteiger partial charge is 0.462 e. The maximum Gasteiger partial charge on any atom is 0.573 e. The van der Waals surface area contributed by atoms with E-state index in [1.165, 1.54) is 13.0 Å². The molecule has 0 radical (unpaired) electrons. The second kappa shape index (κ2) is 5.56. The lowest BCUT2D eigenvalue weighted by atomic mass is 10.1. The first-order valence-electron chi connectivity index (χ1n) is 4.95. The van der Waals surface area contributed by atoms with Gasteiger partial charge in [-0.15, -0.1) is 13.2 Å². The molecular weight excluding hydrogens is 270 g/mol. The minimum absolute atomic E-state index is 0.0927. The molecule has 0 bridgehead atoms. The van der Waals surface area contributed by atoms with Gasteiger partial charge < -0.3 is 9.47 Å². The summed E-state index contributed by atoms with van der Waals surface area (Å²) in [6, 6.07) is 2.41. The molecule has 0 spiro atoms. The maximum absolute atomic E-state index is 13.6. The predicted octanol–water partition coefficient (Wildman–Crippen LogP) is 2.77. The van der Waals surface area contributed by atoms with Crippen molar-refractivity contribution >= 4 is 5.97 Å². The average Bonchev–Trinajstić information content (AvgIpc) is 2.29. The normalized spacial score (nSPS) is 10.7. The fourth-order valence-electron chi connectivity index (χ4n) is 1.23. The average molecular weight is 277 g/mol. The van der Waals surface area contributed by atoms with Crippen molar-refractivity contribution in [1.29, 1.82) is 5.26 Å². The highest BCUT2D eigenvalue weighted by Gasteiger charge is 2.32. The Morgan fingerprint density at radius 1 is 1.42 bits per heavy atom. The highest BCUT2D eigenvalue weighted by Crippen LogP contribution is 2.27. The van der Waals surface area contributed by atoms with Crippen molar-refractivity contribution in [1.82, 2.24) is 0 Å². The Bertz CT molecular complexity index is 534. The van der Waals surface area contributed by atoms with Crippen molar-refractivity contribution in [3.05, 3.63) is 29.1 Å². The lowest BCUT2D eigenvalue weighted by Crippen LogP contribution is -2.18. The molecule has 0 atom stereocenters. The molecule has 0 aliphatic heterocycles. The van der Waals surface area contributed by atoms with Gasteiger partial charge >= 0.3 is 12.3 Å². The molecule has 102 valence electrons. The lowest BCUT2D eigenvalue weighted by molar-refractivity contribution is -0.274. The predicted molar refractivity (Wildman–Crippen MR) is 53.8 cm³/mol. The molecule has 0 unspecified atom stereocenters. The van der Waals surface area contributed by atoms with Crippen LogP contribution in [0.3, 0.4) is 0 Å². The van der Waals surface area contributed by atoms with Gasteiger partial charge in [-0.05, 0) is 13.0 Å². The zero-order valence-electron chi connectivity index (χ0n) is 9.55. The first-order valence-corrected chi connectivity index (χ1v) is 4.95. The Labute approximate surface area is 105 Å². The quantitative estimate of drug-likeness (QED) is 0.629. The van der Waals surface area contributed by atoms with Crippen molar-refractivity contribution in [2.45, 2.75) is 13.3 Å². The molecule has 0 fully saturated rings. The van der Waals surface area contributed by atoms with E-state index in [2.05, 4.69) is 9.47 Å². The number of carbonyl (C=O) groups is 1. The second-order valence-electron chi connectivity index (χ2n) is 3.21. The second-order valence-corrected chi connectivity index (χ2v) is 3.21. The van der Waals surface area contributed by atoms with E-state index in [-0.39, 0.29) is 6.61 Å². The van der Waals surface area contributed by atoms with Gasteiger partial charge in [-0.1, -0.05) is 0 Å². The zero-order valence-corrected chi connectivity index (χ0v) is 9.55. The number of nitrogens with zero attached hydrogens (tertiary/aromatic N) is 1. The summed E-state index contributed by atoms with van der Waals surface area (Å²) in [6.07, 6.45) is -5.02. The Morgan fingerprint density at radius 3 is 2.53 bits per heavy atom. The minimum atomic E-state index is -5.02. The Balaban J connectivity index is 3.27. The van der Waals surface area contributed by atoms with Crippen LogP contribution in [0.5, 0.6) is 5.75 Å². The molecule has 0 heterocycles. The molecule has 0 aromatic heterocycles. The van der Waals surface area contributed by atoms with Crippen LogP contribution in [0.2, 0.25) is 0 Å². The summed E-state index contributed by atoms with van der Waals surface area (Å²) in [6.45, 7) is 1.35. The number of carbonyl (C=O) groups excluding carboxylic acids is 1. The maximum atomic E-state index is 13.6. The van der Waals surface area contributed by atoms with E-state index in [1.54, 1.807) is 0 Å². The molecule has 4 nitrogen and oxygen atoms in total. The van der Waals surface area contributed by atoms with Gasteiger partial charge in [0.05, 0.1) is 12.2 Å². The van der Waals surface area contributed by atoms with E-state index in [4.69, 9.17) is 5.26 Å². The molecule has 0 N–H and O–H groups in total. The standard InChI is InChI=1S/C11H7F4NO3/c1-2-18-10(17)8-4-7(19-11(13,14)15)3-6(5-16)9(8)12/h3-4H,2H2,1H3. The van der Waals surface area contributed by atoms with Gasteiger partial charge in [-0.25, -0.2) is 9.18 Å². The number of hydrogen-bond acceptors (Lipinski definition) is 4. The zero-order chi connectivity index (χ0) is 14.6. The van der Waals surface area contributed by atoms with Crippen LogP contribution in [-0.4, -0.2) is 18.9 Å². The van der Waals surface area contributed by atoms with Crippen LogP contribution in [0.25, 0.3) is 0 Å². The fraction of sp³-hybridized carbons (Fsp3) is 0.273. The lowest BCUT2D eigenvalue weighted by Gasteiger charge is -2.11. The Kier molecular flexibility index (Phi) is 4.32. The number of benzene rings is 1. The molecule has 8 heteroatoms. The van der Waals surface area contributed by atoms with Crippen LogP contribution in [0.4, 0.5) is 17.6 Å². The number of halogens is 4. The number of ether oxygens (including phenoxy) is 2. The van der Waals surface area contributed by atoms with E-state index >= 15 is 0 Å². The summed E-state index contributed by atoms with van der Waals surface area (Å²) >= 11 is 0. The molecule has 1 rings (SSSR count). The van der Waals surface area contributed by atoms with E-state index in [0.29, 0.717) is 12.1 Å². The van der Waals surface area contributed by atoms with E-state index < -0.39 is 35.0 Å². The van der Waals surface area contributed by atoms with E-state index in [0.717, 1.165) is 0 Å². The van der Waals surface area contributed by atoms with Gasteiger partial charge in [0.1, 0.15) is 17.4 Å². The van der Waals surface area contributed by atoms with Crippen molar-refractivity contribution in [3.8, 4) is 11.8 Å². The number of hydrogen-bond donors (Lipinski definition) is 0. The van der Waals surface area contributed by atoms with E-state index in [9.17, 15) is 22.4 Å². The topological polar surface area (TPSA) is 59.3 Å². The first-order chi connectivity index (χ1) is 8.78. The molecular formula is C11H7F4NO3. The number of rotatable bonds is 3. The number of alkyl halides is 3. The number of esters is 1. The summed E-state index contributed by atoms with van der Waals surface area (Å²) in [7, 11) is 0. The molecule has 19 heavy (non-hydrogen) atoms. The van der Waals surface area contributed by atoms with Gasteiger partial charge in [-0.3, -0.25) is 0 Å². The van der Waals surface area contributed by atoms with Gasteiger partial charge in [0.25, 0.3) is 0 Å². The molecule has 0 aliphatic carbocycles. The summed E-state index contributed by atoms with van der Waals surface area (Å²) < 4.78 is 57.7. The van der Waals surface area contributed by atoms with Gasteiger partial charge in [0.2, 0.25) is 0 Å². The van der Waals surface area contributed by atoms with Crippen LogP contribution < -0.4 is 4.74 Å². The Morgan fingerprint density at radius 2 is 2.05 bits per heavy atom. The van der Waals surface area contributed by atoms with Crippen molar-refractivity contribution in [3.63, 3.8) is 0 Å². The third kappa shape index (κ3) is 3.84. The molecule has 0 saturated carbocycles. The highest BCUT2D eigenvalue weighted by atomic mass is 19.4. The highest BCUT2D eigenvalue weighted by molar-refractivity contribution is 5.90. The van der Waals surface area contributed by atoms with Crippen LogP contribution in [-0.2, 0) is 4.74 Å². The third-order valence-corrected chi connectivity index (χ3v) is 1.90. The van der Waals surface area contributed by atoms with Gasteiger partial charge in [0.15, 0.2) is 5.82 Å². The van der Waals surface area contributed by atoms with Crippen LogP contribution in [0.1, 0.15) is 22.8 Å². The fourth-order valence-corrected chi connectivity index (χ4v) is 1.23. The SMILES string of the molecule is CCOC(=O)c1cc(OC(F)(F)F)cc(C#N)c1F. The van der Waals surface area contributed by atoms with Crippen molar-refractivity contribution < 1.29 is 31.8 Å². The van der Waals surface area contributed by atoms with Crippen molar-refractivity contribution in [2.24, 2.45) is 0 Å².